The third-order valence-corrected chi connectivity index (χ3v) is 8.01. The summed E-state index contributed by atoms with van der Waals surface area (Å²) < 4.78 is 10.7. The van der Waals surface area contributed by atoms with Gasteiger partial charge in [-0.2, -0.15) is 5.10 Å². The van der Waals surface area contributed by atoms with E-state index in [0.717, 1.165) is 31.2 Å². The van der Waals surface area contributed by atoms with E-state index in [2.05, 4.69) is 15.0 Å². The number of nitrogens with one attached hydrogen (secondary N) is 1. The lowest BCUT2D eigenvalue weighted by molar-refractivity contribution is -0.142. The molecule has 3 aromatic heterocycles. The lowest BCUT2D eigenvalue weighted by Gasteiger charge is -2.32. The SMILES string of the molecule is CC(=O)OCc1c(-c2cc(Nc3ccn(CCO)n3)c(=O)n(C)c2)cccc1N1CCn2c(cc3c2CCCC3)C1=O. The molecule has 4 aromatic rings. The summed E-state index contributed by atoms with van der Waals surface area (Å²) in [7, 11) is 1.67. The van der Waals surface area contributed by atoms with Crippen molar-refractivity contribution in [2.75, 3.05) is 23.4 Å². The second kappa shape index (κ2) is 11.3. The van der Waals surface area contributed by atoms with Crippen molar-refractivity contribution in [2.45, 2.75) is 52.3 Å². The fourth-order valence-corrected chi connectivity index (χ4v) is 6.03. The van der Waals surface area contributed by atoms with Gasteiger partial charge in [-0.15, -0.1) is 0 Å². The van der Waals surface area contributed by atoms with Crippen molar-refractivity contribution in [2.24, 2.45) is 7.05 Å². The average Bonchev–Trinajstić information content (AvgIpc) is 3.59. The van der Waals surface area contributed by atoms with Gasteiger partial charge in [0.1, 0.15) is 18.0 Å². The average molecular weight is 571 g/mol. The highest BCUT2D eigenvalue weighted by Gasteiger charge is 2.32. The number of esters is 1. The van der Waals surface area contributed by atoms with Crippen molar-refractivity contribution >= 4 is 29.1 Å². The number of aromatic nitrogens is 4. The van der Waals surface area contributed by atoms with Gasteiger partial charge in [0.2, 0.25) is 0 Å². The Morgan fingerprint density at radius 3 is 2.76 bits per heavy atom. The molecule has 4 heterocycles. The van der Waals surface area contributed by atoms with Crippen molar-refractivity contribution in [3.05, 3.63) is 81.7 Å². The van der Waals surface area contributed by atoms with Crippen LogP contribution >= 0.6 is 0 Å². The first-order chi connectivity index (χ1) is 20.3. The summed E-state index contributed by atoms with van der Waals surface area (Å²) in [5.41, 5.74) is 6.13. The van der Waals surface area contributed by atoms with Gasteiger partial charge in [0, 0.05) is 62.3 Å². The normalized spacial score (nSPS) is 14.5. The number of benzene rings is 1. The van der Waals surface area contributed by atoms with Crippen LogP contribution in [0.5, 0.6) is 0 Å². The van der Waals surface area contributed by atoms with Crippen LogP contribution in [0.15, 0.2) is 53.6 Å². The van der Waals surface area contributed by atoms with E-state index < -0.39 is 5.97 Å². The van der Waals surface area contributed by atoms with Crippen LogP contribution in [-0.2, 0) is 49.1 Å². The highest BCUT2D eigenvalue weighted by molar-refractivity contribution is 6.07. The van der Waals surface area contributed by atoms with E-state index in [1.807, 2.05) is 24.3 Å². The molecule has 0 spiro atoms. The summed E-state index contributed by atoms with van der Waals surface area (Å²) >= 11 is 0. The number of aryl methyl sites for hydroxylation is 2. The van der Waals surface area contributed by atoms with Gasteiger partial charge in [-0.05, 0) is 55.0 Å². The van der Waals surface area contributed by atoms with Crippen molar-refractivity contribution in [3.63, 3.8) is 0 Å². The standard InChI is InChI=1S/C31H34N6O5/c1-20(39)42-19-24-23(22-16-25(30(40)34(2)18-22)32-29-10-11-35(33-29)14-15-38)7-5-9-27(24)37-13-12-36-26-8-4-3-6-21(26)17-28(36)31(37)41/h5,7,9-11,16-18,38H,3-4,6,8,12-15,19H2,1-2H3,(H,32,33). The highest BCUT2D eigenvalue weighted by atomic mass is 16.5. The minimum atomic E-state index is -0.427. The molecule has 0 radical (unpaired) electrons. The van der Waals surface area contributed by atoms with Crippen molar-refractivity contribution in [1.29, 1.82) is 0 Å². The summed E-state index contributed by atoms with van der Waals surface area (Å²) in [5.74, 6) is -0.0297. The van der Waals surface area contributed by atoms with E-state index in [1.54, 1.807) is 41.2 Å². The second-order valence-electron chi connectivity index (χ2n) is 10.8. The van der Waals surface area contributed by atoms with Crippen molar-refractivity contribution in [3.8, 4) is 11.1 Å². The Kier molecular flexibility index (Phi) is 7.42. The maximum absolute atomic E-state index is 13.9. The third kappa shape index (κ3) is 5.11. The molecule has 11 nitrogen and oxygen atoms in total. The molecule has 2 N–H and O–H groups in total. The highest BCUT2D eigenvalue weighted by Crippen LogP contribution is 2.36. The first-order valence-corrected chi connectivity index (χ1v) is 14.2. The van der Waals surface area contributed by atoms with E-state index in [-0.39, 0.29) is 24.7 Å². The molecular formula is C31H34N6O5. The summed E-state index contributed by atoms with van der Waals surface area (Å²) in [4.78, 5) is 40.6. The van der Waals surface area contributed by atoms with E-state index in [0.29, 0.717) is 53.6 Å². The molecule has 1 aliphatic carbocycles. The number of pyridine rings is 1. The van der Waals surface area contributed by atoms with E-state index in [4.69, 9.17) is 4.74 Å². The molecule has 0 unspecified atom stereocenters. The number of hydrogen-bond donors (Lipinski definition) is 2. The molecule has 1 aliphatic heterocycles. The zero-order valence-electron chi connectivity index (χ0n) is 23.8. The molecule has 42 heavy (non-hydrogen) atoms. The summed E-state index contributed by atoms with van der Waals surface area (Å²) in [6, 6.07) is 11.2. The van der Waals surface area contributed by atoms with Gasteiger partial charge < -0.3 is 29.2 Å². The number of aliphatic hydroxyl groups excluding tert-OH is 1. The van der Waals surface area contributed by atoms with Crippen LogP contribution in [0.3, 0.4) is 0 Å². The Bertz CT molecular complexity index is 1730. The van der Waals surface area contributed by atoms with Crippen LogP contribution in [0.4, 0.5) is 17.2 Å². The molecule has 0 fully saturated rings. The largest absolute Gasteiger partial charge is 0.461 e. The minimum absolute atomic E-state index is 0.0285. The predicted octanol–water partition coefficient (Wildman–Crippen LogP) is 3.39. The smallest absolute Gasteiger partial charge is 0.302 e. The van der Waals surface area contributed by atoms with Crippen LogP contribution < -0.4 is 15.8 Å². The maximum Gasteiger partial charge on any atom is 0.302 e. The van der Waals surface area contributed by atoms with Gasteiger partial charge >= 0.3 is 5.97 Å². The monoisotopic (exact) mass is 570 g/mol. The number of carbonyl (C=O) groups is 2. The summed E-state index contributed by atoms with van der Waals surface area (Å²) in [6.07, 6.45) is 7.73. The quantitative estimate of drug-likeness (QED) is 0.311. The van der Waals surface area contributed by atoms with Crippen molar-refractivity contribution in [1.82, 2.24) is 18.9 Å². The lowest BCUT2D eigenvalue weighted by Crippen LogP contribution is -2.41. The zero-order chi connectivity index (χ0) is 29.4. The van der Waals surface area contributed by atoms with Gasteiger partial charge in [0.15, 0.2) is 5.82 Å². The number of fused-ring (bicyclic) bond motifs is 3. The molecule has 0 saturated heterocycles. The fourth-order valence-electron chi connectivity index (χ4n) is 6.03. The van der Waals surface area contributed by atoms with E-state index in [9.17, 15) is 19.5 Å². The van der Waals surface area contributed by atoms with Gasteiger partial charge in [-0.3, -0.25) is 19.1 Å². The summed E-state index contributed by atoms with van der Waals surface area (Å²) in [6.45, 7) is 2.82. The predicted molar refractivity (Wildman–Crippen MR) is 158 cm³/mol. The summed E-state index contributed by atoms with van der Waals surface area (Å²) in [5, 5.41) is 16.6. The third-order valence-electron chi connectivity index (χ3n) is 8.01. The Labute approximate surface area is 242 Å². The van der Waals surface area contributed by atoms with Crippen LogP contribution in [0.1, 0.15) is 47.1 Å². The lowest BCUT2D eigenvalue weighted by atomic mass is 9.98. The van der Waals surface area contributed by atoms with Gasteiger partial charge in [0.25, 0.3) is 11.5 Å². The molecular weight excluding hydrogens is 536 g/mol. The number of anilines is 3. The Morgan fingerprint density at radius 1 is 1.12 bits per heavy atom. The second-order valence-corrected chi connectivity index (χ2v) is 10.8. The first-order valence-electron chi connectivity index (χ1n) is 14.2. The van der Waals surface area contributed by atoms with E-state index in [1.165, 1.54) is 22.7 Å². The minimum Gasteiger partial charge on any atom is -0.461 e. The number of aliphatic hydroxyl groups is 1. The fraction of sp³-hybridized carbons (Fsp3) is 0.355. The van der Waals surface area contributed by atoms with Gasteiger partial charge in [-0.1, -0.05) is 12.1 Å². The first kappa shape index (κ1) is 27.5. The number of nitrogens with zero attached hydrogens (tertiary/aromatic N) is 5. The Balaban J connectivity index is 1.40. The van der Waals surface area contributed by atoms with E-state index >= 15 is 0 Å². The number of amides is 1. The number of rotatable bonds is 8. The molecule has 0 bridgehead atoms. The van der Waals surface area contributed by atoms with Gasteiger partial charge in [0.05, 0.1) is 18.8 Å². The Hall–Kier alpha value is -4.64. The molecule has 11 heteroatoms. The molecule has 0 atom stereocenters. The number of hydrogen-bond acceptors (Lipinski definition) is 7. The van der Waals surface area contributed by atoms with Gasteiger partial charge in [-0.25, -0.2) is 0 Å². The van der Waals surface area contributed by atoms with Crippen LogP contribution in [-0.4, -0.2) is 49.0 Å². The molecule has 0 saturated carbocycles. The number of carbonyl (C=O) groups excluding carboxylic acids is 2. The van der Waals surface area contributed by atoms with Crippen molar-refractivity contribution < 1.29 is 19.4 Å². The maximum atomic E-state index is 13.9. The van der Waals surface area contributed by atoms with Crippen LogP contribution in [0.25, 0.3) is 11.1 Å². The topological polar surface area (TPSA) is 124 Å². The number of ether oxygens (including phenoxy) is 1. The molecule has 1 amide bonds. The van der Waals surface area contributed by atoms with Crippen LogP contribution in [0.2, 0.25) is 0 Å². The Morgan fingerprint density at radius 2 is 1.95 bits per heavy atom. The molecule has 1 aromatic carbocycles. The molecule has 218 valence electrons. The van der Waals surface area contributed by atoms with Crippen LogP contribution in [0, 0.1) is 0 Å². The molecule has 2 aliphatic rings. The zero-order valence-corrected chi connectivity index (χ0v) is 23.8. The molecule has 6 rings (SSSR count).